The highest BCUT2D eigenvalue weighted by Crippen LogP contribution is 2.46. The molecule has 0 aromatic carbocycles. The van der Waals surface area contributed by atoms with E-state index in [2.05, 4.69) is 20.8 Å². The average Bonchev–Trinajstić information content (AvgIpc) is 2.47. The van der Waals surface area contributed by atoms with Crippen LogP contribution in [0.15, 0.2) is 22.8 Å². The van der Waals surface area contributed by atoms with Gasteiger partial charge in [-0.25, -0.2) is 0 Å². The molecular formula is C15H24O2. The summed E-state index contributed by atoms with van der Waals surface area (Å²) in [6.07, 6.45) is 4.10. The Labute approximate surface area is 104 Å². The number of aliphatic hydroxyl groups excluding tert-OH is 2. The predicted octanol–water partition coefficient (Wildman–Crippen LogP) is 2.81. The Morgan fingerprint density at radius 1 is 1.24 bits per heavy atom. The van der Waals surface area contributed by atoms with Gasteiger partial charge in [0.15, 0.2) is 0 Å². The second kappa shape index (κ2) is 4.25. The van der Waals surface area contributed by atoms with Crippen LogP contribution in [0.1, 0.15) is 47.0 Å². The summed E-state index contributed by atoms with van der Waals surface area (Å²) in [6.45, 7) is 8.41. The van der Waals surface area contributed by atoms with E-state index >= 15 is 0 Å². The van der Waals surface area contributed by atoms with Crippen LogP contribution < -0.4 is 0 Å². The van der Waals surface area contributed by atoms with Crippen LogP contribution >= 0.6 is 0 Å². The second-order valence-corrected chi connectivity index (χ2v) is 6.43. The molecule has 0 aliphatic heterocycles. The molecule has 0 aromatic rings. The lowest BCUT2D eigenvalue weighted by molar-refractivity contribution is 0.0991. The third-order valence-corrected chi connectivity index (χ3v) is 4.43. The molecule has 3 atom stereocenters. The first-order valence-corrected chi connectivity index (χ1v) is 6.60. The van der Waals surface area contributed by atoms with Crippen LogP contribution in [-0.2, 0) is 0 Å². The van der Waals surface area contributed by atoms with Crippen molar-refractivity contribution in [2.45, 2.75) is 59.2 Å². The molecule has 0 unspecified atom stereocenters. The van der Waals surface area contributed by atoms with Gasteiger partial charge >= 0.3 is 0 Å². The molecule has 17 heavy (non-hydrogen) atoms. The summed E-state index contributed by atoms with van der Waals surface area (Å²) in [4.78, 5) is 0. The van der Waals surface area contributed by atoms with Crippen LogP contribution in [0.25, 0.3) is 0 Å². The minimum atomic E-state index is -0.389. The van der Waals surface area contributed by atoms with Crippen molar-refractivity contribution in [2.75, 3.05) is 0 Å². The van der Waals surface area contributed by atoms with Gasteiger partial charge in [-0.15, -0.1) is 0 Å². The van der Waals surface area contributed by atoms with E-state index < -0.39 is 0 Å². The van der Waals surface area contributed by atoms with Crippen molar-refractivity contribution >= 4 is 0 Å². The molecule has 0 aromatic heterocycles. The van der Waals surface area contributed by atoms with E-state index in [9.17, 15) is 10.2 Å². The Kier molecular flexibility index (Phi) is 3.21. The second-order valence-electron chi connectivity index (χ2n) is 6.43. The van der Waals surface area contributed by atoms with Crippen LogP contribution in [-0.4, -0.2) is 22.4 Å². The van der Waals surface area contributed by atoms with E-state index in [1.165, 1.54) is 5.57 Å². The smallest absolute Gasteiger partial charge is 0.0843 e. The molecule has 0 fully saturated rings. The van der Waals surface area contributed by atoms with Gasteiger partial charge in [-0.1, -0.05) is 32.4 Å². The van der Waals surface area contributed by atoms with Crippen molar-refractivity contribution in [3.63, 3.8) is 0 Å². The highest BCUT2D eigenvalue weighted by atomic mass is 16.3. The molecule has 96 valence electrons. The molecule has 2 rings (SSSR count). The topological polar surface area (TPSA) is 40.5 Å². The zero-order valence-electron chi connectivity index (χ0n) is 11.3. The van der Waals surface area contributed by atoms with E-state index in [1.807, 2.05) is 13.0 Å². The highest BCUT2D eigenvalue weighted by Gasteiger charge is 2.40. The Hall–Kier alpha value is -0.600. The number of allylic oxidation sites excluding steroid dienone is 1. The summed E-state index contributed by atoms with van der Waals surface area (Å²) < 4.78 is 0. The summed E-state index contributed by atoms with van der Waals surface area (Å²) in [5.74, 6) is 0.473. The van der Waals surface area contributed by atoms with Crippen LogP contribution in [0.3, 0.4) is 0 Å². The van der Waals surface area contributed by atoms with E-state index in [0.29, 0.717) is 5.92 Å². The van der Waals surface area contributed by atoms with E-state index in [0.717, 1.165) is 30.4 Å². The van der Waals surface area contributed by atoms with E-state index in [1.54, 1.807) is 0 Å². The van der Waals surface area contributed by atoms with Gasteiger partial charge in [-0.3, -0.25) is 0 Å². The van der Waals surface area contributed by atoms with Gasteiger partial charge in [0.1, 0.15) is 0 Å². The molecule has 2 aliphatic rings. The van der Waals surface area contributed by atoms with E-state index in [4.69, 9.17) is 0 Å². The Balaban J connectivity index is 2.44. The minimum absolute atomic E-state index is 0.0645. The summed E-state index contributed by atoms with van der Waals surface area (Å²) in [5.41, 5.74) is 3.39. The zero-order chi connectivity index (χ0) is 12.8. The lowest BCUT2D eigenvalue weighted by atomic mass is 9.84. The van der Waals surface area contributed by atoms with Crippen molar-refractivity contribution < 1.29 is 10.2 Å². The lowest BCUT2D eigenvalue weighted by Gasteiger charge is -2.24. The SMILES string of the molecule is CC1=CC2=C(CC(C)(C)[C@H]2O)[C@H](C)CC[C@@H]1O. The maximum absolute atomic E-state index is 10.4. The molecular weight excluding hydrogens is 212 g/mol. The fourth-order valence-electron chi connectivity index (χ4n) is 3.07. The molecule has 2 nitrogen and oxygen atoms in total. The van der Waals surface area contributed by atoms with Gasteiger partial charge in [-0.05, 0) is 48.7 Å². The monoisotopic (exact) mass is 236 g/mol. The van der Waals surface area contributed by atoms with Crippen LogP contribution in [0.4, 0.5) is 0 Å². The Morgan fingerprint density at radius 3 is 2.53 bits per heavy atom. The first kappa shape index (κ1) is 12.8. The third kappa shape index (κ3) is 2.21. The Morgan fingerprint density at radius 2 is 1.88 bits per heavy atom. The molecule has 0 spiro atoms. The van der Waals surface area contributed by atoms with E-state index in [-0.39, 0.29) is 17.6 Å². The van der Waals surface area contributed by atoms with Crippen LogP contribution in [0.5, 0.6) is 0 Å². The largest absolute Gasteiger partial charge is 0.389 e. The number of aliphatic hydroxyl groups is 2. The van der Waals surface area contributed by atoms with Crippen LogP contribution in [0.2, 0.25) is 0 Å². The van der Waals surface area contributed by atoms with Gasteiger partial charge in [0.25, 0.3) is 0 Å². The lowest BCUT2D eigenvalue weighted by Crippen LogP contribution is -2.25. The average molecular weight is 236 g/mol. The van der Waals surface area contributed by atoms with Gasteiger partial charge < -0.3 is 10.2 Å². The standard InChI is InChI=1S/C15H24O2/c1-9-5-6-13(16)10(2)7-11-12(9)8-15(3,4)14(11)17/h7,9,13-14,16-17H,5-6,8H2,1-4H3/t9-,13+,14+/m1/s1. The molecule has 2 aliphatic carbocycles. The van der Waals surface area contributed by atoms with Crippen molar-refractivity contribution in [1.82, 2.24) is 0 Å². The maximum Gasteiger partial charge on any atom is 0.0843 e. The summed E-state index contributed by atoms with van der Waals surface area (Å²) in [7, 11) is 0. The van der Waals surface area contributed by atoms with Gasteiger partial charge in [-0.2, -0.15) is 0 Å². The molecule has 2 heteroatoms. The van der Waals surface area contributed by atoms with Gasteiger partial charge in [0.2, 0.25) is 0 Å². The minimum Gasteiger partial charge on any atom is -0.389 e. The summed E-state index contributed by atoms with van der Waals surface area (Å²) in [6, 6.07) is 0. The fraction of sp³-hybridized carbons (Fsp3) is 0.733. The summed E-state index contributed by atoms with van der Waals surface area (Å²) >= 11 is 0. The number of hydrogen-bond acceptors (Lipinski definition) is 2. The molecule has 0 saturated heterocycles. The van der Waals surface area contributed by atoms with Gasteiger partial charge in [0, 0.05) is 0 Å². The zero-order valence-corrected chi connectivity index (χ0v) is 11.3. The van der Waals surface area contributed by atoms with Gasteiger partial charge in [0.05, 0.1) is 12.2 Å². The maximum atomic E-state index is 10.4. The number of hydrogen-bond donors (Lipinski definition) is 2. The first-order valence-electron chi connectivity index (χ1n) is 6.60. The molecule has 2 N–H and O–H groups in total. The third-order valence-electron chi connectivity index (χ3n) is 4.43. The van der Waals surface area contributed by atoms with Crippen molar-refractivity contribution in [2.24, 2.45) is 11.3 Å². The number of rotatable bonds is 0. The molecule has 0 radical (unpaired) electrons. The highest BCUT2D eigenvalue weighted by molar-refractivity contribution is 5.41. The quantitative estimate of drug-likeness (QED) is 0.679. The predicted molar refractivity (Wildman–Crippen MR) is 69.6 cm³/mol. The normalized spacial score (nSPS) is 37.3. The Bertz CT molecular complexity index is 376. The summed E-state index contributed by atoms with van der Waals surface area (Å²) in [5, 5.41) is 20.4. The molecule has 0 heterocycles. The fourth-order valence-corrected chi connectivity index (χ4v) is 3.07. The first-order chi connectivity index (χ1) is 7.83. The molecule has 0 amide bonds. The van der Waals surface area contributed by atoms with Crippen molar-refractivity contribution in [3.05, 3.63) is 22.8 Å². The van der Waals surface area contributed by atoms with Crippen molar-refractivity contribution in [1.29, 1.82) is 0 Å². The molecule has 0 saturated carbocycles. The van der Waals surface area contributed by atoms with Crippen molar-refractivity contribution in [3.8, 4) is 0 Å². The molecule has 0 bridgehead atoms. The van der Waals surface area contributed by atoms with Crippen LogP contribution in [0, 0.1) is 11.3 Å².